The maximum Gasteiger partial charge on any atom is 0.472 e. The molecule has 0 aliphatic carbocycles. The summed E-state index contributed by atoms with van der Waals surface area (Å²) >= 11 is 0. The number of nitrogen functional groups attached to an aromatic ring is 2. The van der Waals surface area contributed by atoms with E-state index in [0.29, 0.717) is 0 Å². The van der Waals surface area contributed by atoms with Gasteiger partial charge in [-0.3, -0.25) is 32.5 Å². The number of imidazole rings is 2. The van der Waals surface area contributed by atoms with E-state index in [0.717, 1.165) is 10.9 Å². The van der Waals surface area contributed by atoms with Gasteiger partial charge in [0.05, 0.1) is 25.9 Å². The number of fused-ring (bicyclic) bond motifs is 2. The molecule has 25 heteroatoms. The van der Waals surface area contributed by atoms with E-state index in [1.54, 1.807) is 0 Å². The second-order valence-corrected chi connectivity index (χ2v) is 12.3. The zero-order chi connectivity index (χ0) is 32.3. The zero-order valence-electron chi connectivity index (χ0n) is 22.4. The average Bonchev–Trinajstić information content (AvgIpc) is 3.72. The Morgan fingerprint density at radius 2 is 1.71 bits per heavy atom. The maximum atomic E-state index is 13.1. The number of hydrogen-bond acceptors (Lipinski definition) is 17. The van der Waals surface area contributed by atoms with E-state index in [9.17, 15) is 29.0 Å². The molecule has 0 aromatic carbocycles. The molecule has 1 saturated heterocycles. The molecule has 10 N–H and O–H groups in total. The van der Waals surface area contributed by atoms with Crippen LogP contribution in [0, 0.1) is 0 Å². The first kappa shape index (κ1) is 31.1. The van der Waals surface area contributed by atoms with Crippen molar-refractivity contribution in [1.82, 2.24) is 39.0 Å². The van der Waals surface area contributed by atoms with Gasteiger partial charge in [0.15, 0.2) is 35.1 Å². The predicted octanol–water partition coefficient (Wildman–Crippen LogP) is -1.67. The number of hydrogen-bond donors (Lipinski definition) is 8. The van der Waals surface area contributed by atoms with E-state index in [4.69, 9.17) is 39.8 Å². The first-order chi connectivity index (χ1) is 21.2. The van der Waals surface area contributed by atoms with Crippen molar-refractivity contribution >= 4 is 49.7 Å². The molecule has 0 saturated carbocycles. The minimum Gasteiger partial charge on any atom is -0.510 e. The van der Waals surface area contributed by atoms with E-state index in [1.807, 2.05) is 0 Å². The summed E-state index contributed by atoms with van der Waals surface area (Å²) < 4.78 is 52.9. The van der Waals surface area contributed by atoms with Gasteiger partial charge in [-0.25, -0.2) is 29.1 Å². The van der Waals surface area contributed by atoms with Crippen LogP contribution in [-0.4, -0.2) is 102 Å². The summed E-state index contributed by atoms with van der Waals surface area (Å²) in [5.41, 5.74) is 10.9. The van der Waals surface area contributed by atoms with Gasteiger partial charge in [-0.05, 0) is 0 Å². The second kappa shape index (κ2) is 11.5. The Hall–Kier alpha value is -3.86. The van der Waals surface area contributed by atoms with Crippen LogP contribution in [0.15, 0.2) is 35.6 Å². The zero-order valence-corrected chi connectivity index (χ0v) is 24.2. The van der Waals surface area contributed by atoms with E-state index < -0.39 is 71.3 Å². The van der Waals surface area contributed by atoms with Crippen molar-refractivity contribution in [3.8, 4) is 0 Å². The van der Waals surface area contributed by atoms with Crippen molar-refractivity contribution in [2.45, 2.75) is 36.9 Å². The lowest BCUT2D eigenvalue weighted by Crippen LogP contribution is -2.35. The molecule has 1 fully saturated rings. The number of ether oxygens (including phenoxy) is 2. The van der Waals surface area contributed by atoms with Gasteiger partial charge < -0.3 is 45.8 Å². The fraction of sp³-hybridized carbons (Fsp3) is 0.400. The standard InChI is InChI=1S/C20H24N10O13P2/c21-15-11-16(24-4-23-15)29(5-25-11)10-1-7(31)8(41-10)2-40-45(37,38)43-14-13(32)9(3-39-44(34,35)36)42-19(14)30-6-26-12-17(30)27-20(22)28-18(12)33/h1,4-6,8-10,13-14,19,31-32H,2-3H2,(H,37,38)(H2,21,23,24)(H2,34,35,36)(H3,22,27,28,33). The van der Waals surface area contributed by atoms with E-state index in [1.165, 1.54) is 23.3 Å². The van der Waals surface area contributed by atoms with Crippen molar-refractivity contribution < 1.29 is 57.1 Å². The van der Waals surface area contributed by atoms with Gasteiger partial charge in [-0.15, -0.1) is 0 Å². The highest BCUT2D eigenvalue weighted by Crippen LogP contribution is 2.50. The van der Waals surface area contributed by atoms with Crippen LogP contribution in [0.4, 0.5) is 11.8 Å². The summed E-state index contributed by atoms with van der Waals surface area (Å²) in [5.74, 6) is -0.561. The van der Waals surface area contributed by atoms with Crippen molar-refractivity contribution in [3.05, 3.63) is 41.2 Å². The molecule has 0 spiro atoms. The molecule has 23 nitrogen and oxygen atoms in total. The summed E-state index contributed by atoms with van der Waals surface area (Å²) in [6.45, 7) is -1.60. The lowest BCUT2D eigenvalue weighted by Gasteiger charge is -2.24. The van der Waals surface area contributed by atoms with Gasteiger partial charge in [-0.2, -0.15) is 4.98 Å². The lowest BCUT2D eigenvalue weighted by molar-refractivity contribution is -0.0538. The number of aliphatic hydroxyl groups excluding tert-OH is 2. The molecule has 6 rings (SSSR count). The number of aromatic amines is 1. The molecule has 6 heterocycles. The first-order valence-corrected chi connectivity index (χ1v) is 15.6. The molecule has 242 valence electrons. The fourth-order valence-electron chi connectivity index (χ4n) is 4.70. The first-order valence-electron chi connectivity index (χ1n) is 12.6. The largest absolute Gasteiger partial charge is 0.510 e. The highest BCUT2D eigenvalue weighted by molar-refractivity contribution is 7.47. The molecular formula is C20H24N10O13P2. The number of aromatic nitrogens is 8. The lowest BCUT2D eigenvalue weighted by atomic mass is 10.1. The van der Waals surface area contributed by atoms with Gasteiger partial charge in [0.25, 0.3) is 5.56 Å². The third kappa shape index (κ3) is 6.19. The molecular weight excluding hydrogens is 650 g/mol. The number of phosphoric ester groups is 2. The third-order valence-electron chi connectivity index (χ3n) is 6.70. The summed E-state index contributed by atoms with van der Waals surface area (Å²) in [7, 11) is -10.2. The molecule has 0 bridgehead atoms. The Labute approximate surface area is 248 Å². The number of phosphoric acid groups is 2. The van der Waals surface area contributed by atoms with Crippen molar-refractivity contribution in [2.75, 3.05) is 24.7 Å². The van der Waals surface area contributed by atoms with Crippen molar-refractivity contribution in [2.24, 2.45) is 0 Å². The molecule has 7 unspecified atom stereocenters. The third-order valence-corrected chi connectivity index (χ3v) is 8.17. The minimum atomic E-state index is -5.14. The van der Waals surface area contributed by atoms with E-state index >= 15 is 0 Å². The molecule has 4 aromatic rings. The average molecular weight is 674 g/mol. The Balaban J connectivity index is 1.19. The van der Waals surface area contributed by atoms with Crippen LogP contribution >= 0.6 is 15.6 Å². The quantitative estimate of drug-likeness (QED) is 0.0872. The summed E-state index contributed by atoms with van der Waals surface area (Å²) in [4.78, 5) is 63.2. The molecule has 4 aromatic heterocycles. The van der Waals surface area contributed by atoms with Crippen LogP contribution in [-0.2, 0) is 32.2 Å². The van der Waals surface area contributed by atoms with Crippen LogP contribution in [0.3, 0.4) is 0 Å². The molecule has 2 aliphatic heterocycles. The van der Waals surface area contributed by atoms with Crippen molar-refractivity contribution in [3.63, 3.8) is 0 Å². The number of anilines is 2. The summed E-state index contributed by atoms with van der Waals surface area (Å²) in [5, 5.41) is 21.3. The molecule has 7 atom stereocenters. The fourth-order valence-corrected chi connectivity index (χ4v) is 5.96. The normalized spacial score (nSPS) is 26.9. The summed E-state index contributed by atoms with van der Waals surface area (Å²) in [6.07, 6.45) is -4.10. The highest BCUT2D eigenvalue weighted by atomic mass is 31.2. The van der Waals surface area contributed by atoms with Crippen molar-refractivity contribution in [1.29, 1.82) is 0 Å². The minimum absolute atomic E-state index is 0.116. The van der Waals surface area contributed by atoms with Crippen LogP contribution in [0.2, 0.25) is 0 Å². The second-order valence-electron chi connectivity index (χ2n) is 9.64. The van der Waals surface area contributed by atoms with Crippen LogP contribution in [0.1, 0.15) is 12.5 Å². The topological polar surface area (TPSA) is 341 Å². The predicted molar refractivity (Wildman–Crippen MR) is 145 cm³/mol. The smallest absolute Gasteiger partial charge is 0.472 e. The van der Waals surface area contributed by atoms with E-state index in [-0.39, 0.29) is 39.9 Å². The van der Waals surface area contributed by atoms with Gasteiger partial charge in [0, 0.05) is 6.08 Å². The number of nitrogens with zero attached hydrogens (tertiary/aromatic N) is 7. The molecule has 0 amide bonds. The number of H-pyrrole nitrogens is 1. The Bertz CT molecular complexity index is 1940. The van der Waals surface area contributed by atoms with E-state index in [2.05, 4.69) is 34.4 Å². The maximum absolute atomic E-state index is 13.1. The Morgan fingerprint density at radius 1 is 0.978 bits per heavy atom. The highest BCUT2D eigenvalue weighted by Gasteiger charge is 2.50. The van der Waals surface area contributed by atoms with Crippen LogP contribution < -0.4 is 17.0 Å². The molecule has 0 radical (unpaired) electrons. The SMILES string of the molecule is Nc1nc2c(ncn2C2OC(COP(=O)(O)O)C(O)C2OP(=O)(O)OCC2OC(n3cnc4c(N)ncnc43)C=C2O)c(=O)[nH]1. The van der Waals surface area contributed by atoms with Gasteiger partial charge in [0.2, 0.25) is 5.95 Å². The molecule has 45 heavy (non-hydrogen) atoms. The van der Waals surface area contributed by atoms with Crippen LogP contribution in [0.5, 0.6) is 0 Å². The number of nitrogens with one attached hydrogen (secondary N) is 1. The van der Waals surface area contributed by atoms with Gasteiger partial charge in [0.1, 0.15) is 42.0 Å². The number of rotatable bonds is 10. The Kier molecular flexibility index (Phi) is 7.95. The Morgan fingerprint density at radius 3 is 2.47 bits per heavy atom. The summed E-state index contributed by atoms with van der Waals surface area (Å²) in [6, 6.07) is 0. The van der Waals surface area contributed by atoms with Crippen LogP contribution in [0.25, 0.3) is 22.3 Å². The molecule has 2 aliphatic rings. The monoisotopic (exact) mass is 674 g/mol. The van der Waals surface area contributed by atoms with Gasteiger partial charge >= 0.3 is 15.6 Å². The number of aliphatic hydroxyl groups is 2. The number of nitrogens with two attached hydrogens (primary N) is 2. The van der Waals surface area contributed by atoms with Gasteiger partial charge in [-0.1, -0.05) is 0 Å².